The molecule has 0 aliphatic carbocycles. The predicted molar refractivity (Wildman–Crippen MR) is 124 cm³/mol. The summed E-state index contributed by atoms with van der Waals surface area (Å²) in [6, 6.07) is 1.99. The molecule has 0 fully saturated rings. The molecule has 0 aliphatic rings. The van der Waals surface area contributed by atoms with Crippen LogP contribution in [0.15, 0.2) is 6.07 Å². The second-order valence-electron chi connectivity index (χ2n) is 5.69. The van der Waals surface area contributed by atoms with Crippen LogP contribution < -0.4 is 4.90 Å². The molecular weight excluding hydrogens is 366 g/mol. The van der Waals surface area contributed by atoms with Gasteiger partial charge in [-0.3, -0.25) is 0 Å². The molecule has 25 heavy (non-hydrogen) atoms. The van der Waals surface area contributed by atoms with Gasteiger partial charge < -0.3 is 9.91 Å². The molecule has 0 saturated carbocycles. The van der Waals surface area contributed by atoms with Crippen molar-refractivity contribution in [1.82, 2.24) is 10.0 Å². The highest BCUT2D eigenvalue weighted by atomic mass is 32.1. The molecule has 0 bridgehead atoms. The molecule has 0 heterocycles. The highest BCUT2D eigenvalue weighted by molar-refractivity contribution is 7.78. The maximum Gasteiger partial charge on any atom is 0.0792 e. The third kappa shape index (κ3) is 11.0. The minimum absolute atomic E-state index is 0.818. The van der Waals surface area contributed by atoms with E-state index < -0.39 is 0 Å². The molecule has 0 N–H and O–H groups in total. The maximum absolute atomic E-state index is 5.23. The van der Waals surface area contributed by atoms with Crippen LogP contribution in [0.1, 0.15) is 60.3 Å². The van der Waals surface area contributed by atoms with Crippen molar-refractivity contribution in [3.05, 3.63) is 15.1 Å². The Bertz CT molecular complexity index is 510. The average molecular weight is 404 g/mol. The van der Waals surface area contributed by atoms with Gasteiger partial charge in [-0.25, -0.2) is 5.01 Å². The van der Waals surface area contributed by atoms with Gasteiger partial charge in [0.05, 0.1) is 20.2 Å². The lowest BCUT2D eigenvalue weighted by atomic mass is 10.2. The van der Waals surface area contributed by atoms with Gasteiger partial charge in [0.1, 0.15) is 0 Å². The molecule has 146 valence electrons. The first kappa shape index (κ1) is 26.8. The third-order valence-electron chi connectivity index (χ3n) is 3.38. The van der Waals surface area contributed by atoms with E-state index in [4.69, 9.17) is 36.7 Å². The van der Waals surface area contributed by atoms with Crippen molar-refractivity contribution in [2.75, 3.05) is 38.6 Å². The summed E-state index contributed by atoms with van der Waals surface area (Å²) in [5.41, 5.74) is 2.81. The molecular formula is C19H37N3S3. The number of thiocarbonyl (C=S) groups is 1. The molecule has 0 amide bonds. The monoisotopic (exact) mass is 403 g/mol. The summed E-state index contributed by atoms with van der Waals surface area (Å²) in [5, 5.41) is 4.29. The van der Waals surface area contributed by atoms with E-state index in [0.717, 1.165) is 53.6 Å². The van der Waals surface area contributed by atoms with Gasteiger partial charge in [-0.15, -0.1) is 0 Å². The van der Waals surface area contributed by atoms with Crippen LogP contribution in [0, 0.1) is 9.02 Å². The fraction of sp³-hybridized carbons (Fsp3) is 0.737. The van der Waals surface area contributed by atoms with Crippen molar-refractivity contribution in [1.29, 1.82) is 0 Å². The molecule has 0 aliphatic heterocycles. The van der Waals surface area contributed by atoms with E-state index in [0.29, 0.717) is 0 Å². The molecule has 3 nitrogen and oxygen atoms in total. The van der Waals surface area contributed by atoms with E-state index in [1.807, 2.05) is 32.0 Å². The number of hydrogen-bond acceptors (Lipinski definition) is 5. The minimum atomic E-state index is 0.818. The van der Waals surface area contributed by atoms with Crippen LogP contribution in [0.5, 0.6) is 0 Å². The third-order valence-corrected chi connectivity index (χ3v) is 4.56. The van der Waals surface area contributed by atoms with Gasteiger partial charge in [0, 0.05) is 33.7 Å². The average Bonchev–Trinajstić information content (AvgIpc) is 2.63. The molecule has 0 saturated heterocycles. The fourth-order valence-electron chi connectivity index (χ4n) is 2.10. The summed E-state index contributed by atoms with van der Waals surface area (Å²) < 4.78 is 1.66. The van der Waals surface area contributed by atoms with E-state index in [-0.39, 0.29) is 0 Å². The van der Waals surface area contributed by atoms with E-state index in [9.17, 15) is 0 Å². The lowest BCUT2D eigenvalue weighted by Crippen LogP contribution is -2.39. The topological polar surface area (TPSA) is 9.72 Å². The first-order valence-electron chi connectivity index (χ1n) is 9.37. The number of unbranched alkanes of at least 4 members (excludes halogenated alkanes) is 1. The van der Waals surface area contributed by atoms with Crippen LogP contribution in [0.25, 0.3) is 0 Å². The number of rotatable bonds is 10. The fourth-order valence-corrected chi connectivity index (χ4v) is 2.73. The number of nitrogens with zero attached hydrogens (tertiary/aromatic N) is 3. The Morgan fingerprint density at radius 3 is 1.88 bits per heavy atom. The first-order chi connectivity index (χ1) is 11.9. The predicted octanol–water partition coefficient (Wildman–Crippen LogP) is 6.20. The molecule has 6 heteroatoms. The van der Waals surface area contributed by atoms with Gasteiger partial charge in [0.15, 0.2) is 0 Å². The van der Waals surface area contributed by atoms with Gasteiger partial charge >= 0.3 is 0 Å². The maximum atomic E-state index is 5.23. The molecule has 0 atom stereocenters. The highest BCUT2D eigenvalue weighted by Gasteiger charge is 2.09. The summed E-state index contributed by atoms with van der Waals surface area (Å²) in [4.78, 5) is 2.20. The van der Waals surface area contributed by atoms with E-state index in [1.54, 1.807) is 5.49 Å². The van der Waals surface area contributed by atoms with E-state index >= 15 is 0 Å². The highest BCUT2D eigenvalue weighted by Crippen LogP contribution is 2.21. The Morgan fingerprint density at radius 2 is 1.48 bits per heavy atom. The van der Waals surface area contributed by atoms with Crippen molar-refractivity contribution in [3.8, 4) is 0 Å². The Hall–Kier alpha value is -0.430. The molecule has 0 unspecified atom stereocenters. The lowest BCUT2D eigenvalue weighted by molar-refractivity contribution is 0.0754. The van der Waals surface area contributed by atoms with Crippen molar-refractivity contribution >= 4 is 47.8 Å². The Balaban J connectivity index is 0. The minimum Gasteiger partial charge on any atom is -0.373 e. The first-order valence-corrected chi connectivity index (χ1v) is 10.7. The standard InChI is InChI=1S/C14H23N3S3.C3H8.C2H6/c1-4-7-17(16(3)11-18)9-6-5-8-15(2)12-10-13(19)14(12)20;1-3-2;1-2/h10-11H,4-9H2,1-3H3;3H2,1-2H3;1-2H3. The Morgan fingerprint density at radius 1 is 0.960 bits per heavy atom. The van der Waals surface area contributed by atoms with Gasteiger partial charge in [-0.05, 0) is 25.3 Å². The van der Waals surface area contributed by atoms with Gasteiger partial charge in [0.2, 0.25) is 0 Å². The van der Waals surface area contributed by atoms with E-state index in [2.05, 4.69) is 37.7 Å². The normalized spacial score (nSPS) is 9.76. The molecule has 0 radical (unpaired) electrons. The summed E-state index contributed by atoms with van der Waals surface area (Å²) in [5.74, 6) is 0. The summed E-state index contributed by atoms with van der Waals surface area (Å²) in [6.45, 7) is 13.5. The molecule has 1 aromatic carbocycles. The molecule has 0 aromatic heterocycles. The smallest absolute Gasteiger partial charge is 0.0792 e. The van der Waals surface area contributed by atoms with Crippen LogP contribution in [0.4, 0.5) is 5.69 Å². The van der Waals surface area contributed by atoms with Crippen LogP contribution in [0.2, 0.25) is 0 Å². The van der Waals surface area contributed by atoms with Gasteiger partial charge in [-0.1, -0.05) is 77.7 Å². The largest absolute Gasteiger partial charge is 0.373 e. The number of hydrogen-bond donors (Lipinski definition) is 0. The zero-order valence-corrected chi connectivity index (χ0v) is 19.6. The van der Waals surface area contributed by atoms with Crippen LogP contribution in [-0.4, -0.2) is 49.2 Å². The molecule has 1 rings (SSSR count). The second kappa shape index (κ2) is 17.0. The summed E-state index contributed by atoms with van der Waals surface area (Å²) >= 11 is 15.3. The van der Waals surface area contributed by atoms with Gasteiger partial charge in [-0.2, -0.15) is 0 Å². The Kier molecular flexibility index (Phi) is 18.2. The van der Waals surface area contributed by atoms with Crippen molar-refractivity contribution in [3.63, 3.8) is 0 Å². The van der Waals surface area contributed by atoms with Crippen molar-refractivity contribution in [2.45, 2.75) is 60.3 Å². The molecule has 1 aromatic rings. The van der Waals surface area contributed by atoms with Crippen LogP contribution in [-0.2, 0) is 0 Å². The Labute approximate surface area is 171 Å². The van der Waals surface area contributed by atoms with Crippen molar-refractivity contribution < 1.29 is 0 Å². The summed E-state index contributed by atoms with van der Waals surface area (Å²) in [7, 11) is 4.08. The van der Waals surface area contributed by atoms with Crippen molar-refractivity contribution in [2.24, 2.45) is 0 Å². The molecule has 0 spiro atoms. The number of hydrazine groups is 1. The van der Waals surface area contributed by atoms with Gasteiger partial charge in [0.25, 0.3) is 0 Å². The SMILES string of the molecule is CC.CCC.CCCN(CCCCN(C)c1cc(=S)c1=S)N(C)C=S. The quantitative estimate of drug-likeness (QED) is 0.260. The lowest BCUT2D eigenvalue weighted by Gasteiger charge is -2.30. The van der Waals surface area contributed by atoms with E-state index in [1.165, 1.54) is 6.42 Å². The van der Waals surface area contributed by atoms with Crippen LogP contribution >= 0.6 is 36.7 Å². The van der Waals surface area contributed by atoms with Crippen LogP contribution in [0.3, 0.4) is 0 Å². The zero-order chi connectivity index (χ0) is 19.8. The second-order valence-corrected chi connectivity index (χ2v) is 6.75. The number of anilines is 1. The summed E-state index contributed by atoms with van der Waals surface area (Å²) in [6.07, 6.45) is 4.66. The zero-order valence-electron chi connectivity index (χ0n) is 17.2.